The standard InChI is InChI=1S/C4H12N2.Sc/c5-3-1-2-4-6;/h1-6H2;. The summed E-state index contributed by atoms with van der Waals surface area (Å²) >= 11 is 0. The van der Waals surface area contributed by atoms with Gasteiger partial charge in [0.2, 0.25) is 0 Å². The molecule has 0 aliphatic carbocycles. The normalized spacial score (nSPS) is 7.71. The maximum Gasteiger partial charge on any atom is 0 e. The van der Waals surface area contributed by atoms with Gasteiger partial charge in [0.15, 0.2) is 0 Å². The Kier molecular flexibility index (Phi) is 15.2. The summed E-state index contributed by atoms with van der Waals surface area (Å²) in [5.41, 5.74) is 10.3. The fourth-order valence-corrected chi connectivity index (χ4v) is 0.289. The van der Waals surface area contributed by atoms with Crippen LogP contribution in [-0.2, 0) is 25.8 Å². The first-order chi connectivity index (χ1) is 2.91. The molecule has 0 fully saturated rings. The molecule has 4 N–H and O–H groups in total. The Bertz CT molecular complexity index is 21.7. The van der Waals surface area contributed by atoms with Crippen molar-refractivity contribution in [3.63, 3.8) is 0 Å². The van der Waals surface area contributed by atoms with E-state index >= 15 is 0 Å². The van der Waals surface area contributed by atoms with Crippen LogP contribution in [0.2, 0.25) is 0 Å². The average Bonchev–Trinajstić information content (AvgIpc) is 1.61. The molecule has 1 radical (unpaired) electrons. The van der Waals surface area contributed by atoms with Crippen LogP contribution in [0, 0.1) is 0 Å². The first-order valence-corrected chi connectivity index (χ1v) is 2.32. The maximum absolute atomic E-state index is 5.16. The van der Waals surface area contributed by atoms with Gasteiger partial charge in [-0.15, -0.1) is 0 Å². The van der Waals surface area contributed by atoms with E-state index in [4.69, 9.17) is 11.5 Å². The summed E-state index contributed by atoms with van der Waals surface area (Å²) in [6.45, 7) is 1.55. The first kappa shape index (κ1) is 10.7. The Labute approximate surface area is 63.4 Å². The Hall–Kier alpha value is 0.790. The molecule has 0 saturated carbocycles. The molecule has 0 saturated heterocycles. The maximum atomic E-state index is 5.16. The zero-order valence-corrected chi connectivity index (χ0v) is 6.36. The van der Waals surface area contributed by atoms with Gasteiger partial charge >= 0.3 is 0 Å². The third kappa shape index (κ3) is 10.8. The van der Waals surface area contributed by atoms with Crippen molar-refractivity contribution < 1.29 is 25.8 Å². The Morgan fingerprint density at radius 1 is 0.857 bits per heavy atom. The van der Waals surface area contributed by atoms with Gasteiger partial charge in [-0.25, -0.2) is 0 Å². The quantitative estimate of drug-likeness (QED) is 0.518. The van der Waals surface area contributed by atoms with Gasteiger partial charge in [-0.1, -0.05) is 0 Å². The van der Waals surface area contributed by atoms with E-state index in [0.29, 0.717) is 0 Å². The molecular formula is C4H12N2Sc. The number of rotatable bonds is 3. The number of hydrogen-bond acceptors (Lipinski definition) is 2. The number of hydrogen-bond donors (Lipinski definition) is 2. The van der Waals surface area contributed by atoms with Crippen LogP contribution in [-0.4, -0.2) is 13.1 Å². The molecule has 0 aromatic rings. The van der Waals surface area contributed by atoms with E-state index in [0.717, 1.165) is 25.9 Å². The fourth-order valence-electron chi connectivity index (χ4n) is 0.289. The Morgan fingerprint density at radius 2 is 1.14 bits per heavy atom. The summed E-state index contributed by atoms with van der Waals surface area (Å²) in [6, 6.07) is 0. The van der Waals surface area contributed by atoms with Gasteiger partial charge in [-0.2, -0.15) is 0 Å². The van der Waals surface area contributed by atoms with E-state index in [1.807, 2.05) is 0 Å². The van der Waals surface area contributed by atoms with Gasteiger partial charge < -0.3 is 11.5 Å². The molecular weight excluding hydrogens is 121 g/mol. The molecule has 41 valence electrons. The van der Waals surface area contributed by atoms with Crippen molar-refractivity contribution in [1.29, 1.82) is 0 Å². The molecule has 0 heterocycles. The van der Waals surface area contributed by atoms with Crippen molar-refractivity contribution in [1.82, 2.24) is 0 Å². The van der Waals surface area contributed by atoms with Crippen LogP contribution < -0.4 is 11.5 Å². The summed E-state index contributed by atoms with van der Waals surface area (Å²) in [4.78, 5) is 0. The van der Waals surface area contributed by atoms with E-state index in [1.165, 1.54) is 0 Å². The van der Waals surface area contributed by atoms with Crippen molar-refractivity contribution in [2.24, 2.45) is 11.5 Å². The molecule has 0 aromatic carbocycles. The molecule has 0 aliphatic heterocycles. The summed E-state index contributed by atoms with van der Waals surface area (Å²) in [5.74, 6) is 0. The molecule has 7 heavy (non-hydrogen) atoms. The van der Waals surface area contributed by atoms with Crippen LogP contribution in [0.4, 0.5) is 0 Å². The van der Waals surface area contributed by atoms with Gasteiger partial charge in [-0.05, 0) is 25.9 Å². The van der Waals surface area contributed by atoms with Crippen molar-refractivity contribution in [3.8, 4) is 0 Å². The van der Waals surface area contributed by atoms with Crippen molar-refractivity contribution >= 4 is 0 Å². The average molecular weight is 133 g/mol. The third-order valence-corrected chi connectivity index (χ3v) is 0.658. The smallest absolute Gasteiger partial charge is 0 e. The van der Waals surface area contributed by atoms with E-state index in [1.54, 1.807) is 0 Å². The second-order valence-corrected chi connectivity index (χ2v) is 1.28. The van der Waals surface area contributed by atoms with E-state index in [-0.39, 0.29) is 25.8 Å². The number of nitrogens with two attached hydrogens (primary N) is 2. The number of unbranched alkanes of at least 4 members (excludes halogenated alkanes) is 1. The fraction of sp³-hybridized carbons (Fsp3) is 1.00. The molecule has 0 rings (SSSR count). The molecule has 0 spiro atoms. The molecule has 0 atom stereocenters. The summed E-state index contributed by atoms with van der Waals surface area (Å²) in [7, 11) is 0. The monoisotopic (exact) mass is 133 g/mol. The second kappa shape index (κ2) is 9.92. The summed E-state index contributed by atoms with van der Waals surface area (Å²) in [5, 5.41) is 0. The first-order valence-electron chi connectivity index (χ1n) is 2.32. The molecule has 3 heteroatoms. The Morgan fingerprint density at radius 3 is 1.29 bits per heavy atom. The van der Waals surface area contributed by atoms with Crippen molar-refractivity contribution in [2.75, 3.05) is 13.1 Å². The SMILES string of the molecule is NCCCCN.[Sc]. The van der Waals surface area contributed by atoms with Gasteiger partial charge in [0.25, 0.3) is 0 Å². The van der Waals surface area contributed by atoms with Crippen molar-refractivity contribution in [2.45, 2.75) is 12.8 Å². The van der Waals surface area contributed by atoms with Gasteiger partial charge in [-0.3, -0.25) is 0 Å². The van der Waals surface area contributed by atoms with Crippen LogP contribution in [0.3, 0.4) is 0 Å². The third-order valence-electron chi connectivity index (χ3n) is 0.658. The minimum absolute atomic E-state index is 0. The van der Waals surface area contributed by atoms with Crippen LogP contribution in [0.5, 0.6) is 0 Å². The summed E-state index contributed by atoms with van der Waals surface area (Å²) < 4.78 is 0. The molecule has 0 bridgehead atoms. The van der Waals surface area contributed by atoms with Gasteiger partial charge in [0.05, 0.1) is 0 Å². The van der Waals surface area contributed by atoms with E-state index in [9.17, 15) is 0 Å². The minimum atomic E-state index is 0. The zero-order chi connectivity index (χ0) is 4.83. The topological polar surface area (TPSA) is 52.0 Å². The molecule has 0 amide bonds. The largest absolute Gasteiger partial charge is 0.330 e. The van der Waals surface area contributed by atoms with Gasteiger partial charge in [0.1, 0.15) is 0 Å². The van der Waals surface area contributed by atoms with Gasteiger partial charge in [0, 0.05) is 25.8 Å². The second-order valence-electron chi connectivity index (χ2n) is 1.28. The molecule has 0 aromatic heterocycles. The summed E-state index contributed by atoms with van der Waals surface area (Å²) in [6.07, 6.45) is 2.13. The van der Waals surface area contributed by atoms with Crippen LogP contribution >= 0.6 is 0 Å². The molecule has 0 unspecified atom stereocenters. The van der Waals surface area contributed by atoms with Crippen LogP contribution in [0.15, 0.2) is 0 Å². The predicted molar refractivity (Wildman–Crippen MR) is 27.3 cm³/mol. The van der Waals surface area contributed by atoms with Crippen LogP contribution in [0.25, 0.3) is 0 Å². The van der Waals surface area contributed by atoms with Crippen molar-refractivity contribution in [3.05, 3.63) is 0 Å². The minimum Gasteiger partial charge on any atom is -0.330 e. The predicted octanol–water partition coefficient (Wildman–Crippen LogP) is -0.318. The zero-order valence-electron chi connectivity index (χ0n) is 4.56. The van der Waals surface area contributed by atoms with E-state index < -0.39 is 0 Å². The molecule has 0 aliphatic rings. The molecule has 2 nitrogen and oxygen atoms in total. The van der Waals surface area contributed by atoms with E-state index in [2.05, 4.69) is 0 Å². The van der Waals surface area contributed by atoms with Crippen LogP contribution in [0.1, 0.15) is 12.8 Å². The Balaban J connectivity index is 0.